The quantitative estimate of drug-likeness (QED) is 0.669. The normalized spacial score (nSPS) is 26.1. The van der Waals surface area contributed by atoms with E-state index in [-0.39, 0.29) is 0 Å². The monoisotopic (exact) mass is 167 g/mol. The fourth-order valence-electron chi connectivity index (χ4n) is 1.21. The minimum absolute atomic E-state index is 0.367. The highest BCUT2D eigenvalue weighted by molar-refractivity contribution is 5.95. The molecule has 0 aliphatic carbocycles. The van der Waals surface area contributed by atoms with E-state index in [4.69, 9.17) is 5.73 Å². The minimum Gasteiger partial charge on any atom is -0.385 e. The van der Waals surface area contributed by atoms with Gasteiger partial charge in [-0.3, -0.25) is 0 Å². The lowest BCUT2D eigenvalue weighted by atomic mass is 9.93. The van der Waals surface area contributed by atoms with Crippen molar-refractivity contribution in [3.05, 3.63) is 0 Å². The molecule has 0 radical (unpaired) electrons. The maximum atomic E-state index is 5.62. The number of nitrogens with two attached hydrogens (primary N) is 1. The van der Waals surface area contributed by atoms with Crippen molar-refractivity contribution in [1.29, 1.82) is 0 Å². The van der Waals surface area contributed by atoms with Gasteiger partial charge >= 0.3 is 0 Å². The Kier molecular flexibility index (Phi) is 2.84. The van der Waals surface area contributed by atoms with Crippen molar-refractivity contribution in [1.82, 2.24) is 0 Å². The molecule has 1 aliphatic rings. The number of nitrogens with zero attached hydrogens (tertiary/aromatic N) is 2. The van der Waals surface area contributed by atoms with Crippen molar-refractivity contribution in [2.24, 2.45) is 27.8 Å². The molecule has 2 atom stereocenters. The smallest absolute Gasteiger partial charge is 0.125 e. The summed E-state index contributed by atoms with van der Waals surface area (Å²) in [6.45, 7) is 6.44. The van der Waals surface area contributed by atoms with Gasteiger partial charge in [0.2, 0.25) is 0 Å². The average Bonchev–Trinajstić information content (AvgIpc) is 2.08. The first-order chi connectivity index (χ1) is 5.65. The molecule has 0 saturated heterocycles. The lowest BCUT2D eigenvalue weighted by Crippen LogP contribution is -2.28. The van der Waals surface area contributed by atoms with Gasteiger partial charge in [-0.25, -0.2) is 0 Å². The van der Waals surface area contributed by atoms with E-state index in [1.807, 2.05) is 0 Å². The van der Waals surface area contributed by atoms with E-state index < -0.39 is 0 Å². The molecule has 2 unspecified atom stereocenters. The predicted molar refractivity (Wildman–Crippen MR) is 52.3 cm³/mol. The summed E-state index contributed by atoms with van der Waals surface area (Å²) in [4.78, 5) is 0. The second-order valence-corrected chi connectivity index (χ2v) is 3.53. The van der Waals surface area contributed by atoms with Crippen molar-refractivity contribution < 1.29 is 0 Å². The zero-order chi connectivity index (χ0) is 9.14. The van der Waals surface area contributed by atoms with Crippen molar-refractivity contribution in [2.45, 2.75) is 33.6 Å². The second-order valence-electron chi connectivity index (χ2n) is 3.53. The number of rotatable bonds is 2. The second kappa shape index (κ2) is 3.70. The average molecular weight is 167 g/mol. The number of hydrogen-bond donors (Lipinski definition) is 1. The summed E-state index contributed by atoms with van der Waals surface area (Å²) >= 11 is 0. The van der Waals surface area contributed by atoms with E-state index in [9.17, 15) is 0 Å². The molecule has 0 fully saturated rings. The highest BCUT2D eigenvalue weighted by Gasteiger charge is 2.18. The van der Waals surface area contributed by atoms with Gasteiger partial charge in [0.15, 0.2) is 0 Å². The van der Waals surface area contributed by atoms with Crippen LogP contribution < -0.4 is 5.73 Å². The fourth-order valence-corrected chi connectivity index (χ4v) is 1.21. The van der Waals surface area contributed by atoms with Gasteiger partial charge < -0.3 is 5.73 Å². The van der Waals surface area contributed by atoms with Crippen molar-refractivity contribution in [2.75, 3.05) is 0 Å². The first-order valence-electron chi connectivity index (χ1n) is 4.55. The van der Waals surface area contributed by atoms with Crippen molar-refractivity contribution in [3.63, 3.8) is 0 Å². The summed E-state index contributed by atoms with van der Waals surface area (Å²) in [6.07, 6.45) is 2.10. The predicted octanol–water partition coefficient (Wildman–Crippen LogP) is 1.79. The van der Waals surface area contributed by atoms with Crippen LogP contribution in [-0.2, 0) is 0 Å². The lowest BCUT2D eigenvalue weighted by Gasteiger charge is -2.19. The maximum absolute atomic E-state index is 5.62. The molecule has 2 N–H and O–H groups in total. The third-order valence-electron chi connectivity index (χ3n) is 2.50. The molecule has 68 valence electrons. The summed E-state index contributed by atoms with van der Waals surface area (Å²) in [5.74, 6) is 1.58. The Hall–Kier alpha value is -0.860. The van der Waals surface area contributed by atoms with Crippen LogP contribution in [0.3, 0.4) is 0 Å². The molecular formula is C9H17N3. The van der Waals surface area contributed by atoms with Crippen LogP contribution in [0, 0.1) is 11.8 Å². The van der Waals surface area contributed by atoms with E-state index in [1.165, 1.54) is 5.71 Å². The molecule has 0 bridgehead atoms. The van der Waals surface area contributed by atoms with Crippen LogP contribution in [0.1, 0.15) is 33.6 Å². The largest absolute Gasteiger partial charge is 0.385 e. The summed E-state index contributed by atoms with van der Waals surface area (Å²) in [6, 6.07) is 0. The van der Waals surface area contributed by atoms with Gasteiger partial charge in [0.05, 0.1) is 0 Å². The van der Waals surface area contributed by atoms with Gasteiger partial charge in [-0.2, -0.15) is 5.10 Å². The minimum atomic E-state index is 0.367. The SMILES string of the molecule is CCC(C)C1=NN=C(N)C(C)C1. The molecule has 0 aromatic heterocycles. The summed E-state index contributed by atoms with van der Waals surface area (Å²) in [7, 11) is 0. The Morgan fingerprint density at radius 1 is 1.58 bits per heavy atom. The Morgan fingerprint density at radius 2 is 2.25 bits per heavy atom. The van der Waals surface area contributed by atoms with E-state index >= 15 is 0 Å². The van der Waals surface area contributed by atoms with Crippen molar-refractivity contribution >= 4 is 11.5 Å². The first-order valence-corrected chi connectivity index (χ1v) is 4.55. The van der Waals surface area contributed by atoms with Gasteiger partial charge in [-0.05, 0) is 18.8 Å². The number of amidine groups is 1. The third kappa shape index (κ3) is 1.84. The summed E-state index contributed by atoms with van der Waals surface area (Å²) in [5, 5.41) is 8.06. The van der Waals surface area contributed by atoms with E-state index in [0.717, 1.165) is 12.8 Å². The zero-order valence-electron chi connectivity index (χ0n) is 8.04. The number of hydrogen-bond acceptors (Lipinski definition) is 3. The zero-order valence-corrected chi connectivity index (χ0v) is 8.04. The topological polar surface area (TPSA) is 50.7 Å². The molecule has 0 aromatic carbocycles. The molecule has 3 nitrogen and oxygen atoms in total. The highest BCUT2D eigenvalue weighted by Crippen LogP contribution is 2.16. The van der Waals surface area contributed by atoms with Crippen LogP contribution >= 0.6 is 0 Å². The van der Waals surface area contributed by atoms with Crippen LogP contribution in [-0.4, -0.2) is 11.5 Å². The summed E-state index contributed by atoms with van der Waals surface area (Å²) < 4.78 is 0. The fraction of sp³-hybridized carbons (Fsp3) is 0.778. The Labute approximate surface area is 73.8 Å². The van der Waals surface area contributed by atoms with Crippen LogP contribution in [0.15, 0.2) is 10.2 Å². The Morgan fingerprint density at radius 3 is 2.75 bits per heavy atom. The molecular weight excluding hydrogens is 150 g/mol. The standard InChI is InChI=1S/C9H17N3/c1-4-6(2)8-5-7(3)9(10)12-11-8/h6-7H,4-5H2,1-3H3,(H2,10,12). The molecule has 1 heterocycles. The third-order valence-corrected chi connectivity index (χ3v) is 2.50. The van der Waals surface area contributed by atoms with Gasteiger partial charge in [0, 0.05) is 11.6 Å². The van der Waals surface area contributed by atoms with Crippen LogP contribution in [0.5, 0.6) is 0 Å². The molecule has 12 heavy (non-hydrogen) atoms. The highest BCUT2D eigenvalue weighted by atomic mass is 15.2. The van der Waals surface area contributed by atoms with Gasteiger partial charge in [-0.1, -0.05) is 20.8 Å². The first kappa shape index (κ1) is 9.23. The molecule has 0 saturated carbocycles. The molecule has 1 rings (SSSR count). The van der Waals surface area contributed by atoms with Crippen LogP contribution in [0.25, 0.3) is 0 Å². The van der Waals surface area contributed by atoms with E-state index in [2.05, 4.69) is 31.0 Å². The van der Waals surface area contributed by atoms with E-state index in [0.29, 0.717) is 17.7 Å². The Balaban J connectivity index is 2.70. The van der Waals surface area contributed by atoms with Crippen molar-refractivity contribution in [3.8, 4) is 0 Å². The molecule has 0 aromatic rings. The Bertz CT molecular complexity index is 218. The van der Waals surface area contributed by atoms with Gasteiger partial charge in [0.1, 0.15) is 5.84 Å². The molecule has 0 spiro atoms. The van der Waals surface area contributed by atoms with Gasteiger partial charge in [-0.15, -0.1) is 5.10 Å². The molecule has 3 heteroatoms. The van der Waals surface area contributed by atoms with Crippen LogP contribution in [0.2, 0.25) is 0 Å². The maximum Gasteiger partial charge on any atom is 0.125 e. The molecule has 1 aliphatic heterocycles. The lowest BCUT2D eigenvalue weighted by molar-refractivity contribution is 0.673. The summed E-state index contributed by atoms with van der Waals surface area (Å²) in [5.41, 5.74) is 6.82. The van der Waals surface area contributed by atoms with Gasteiger partial charge in [0.25, 0.3) is 0 Å². The van der Waals surface area contributed by atoms with E-state index in [1.54, 1.807) is 0 Å². The molecule has 0 amide bonds. The van der Waals surface area contributed by atoms with Crippen LogP contribution in [0.4, 0.5) is 0 Å².